The Morgan fingerprint density at radius 2 is 2.05 bits per heavy atom. The molecule has 2 unspecified atom stereocenters. The fourth-order valence-corrected chi connectivity index (χ4v) is 2.45. The number of anilines is 1. The molecule has 4 nitrogen and oxygen atoms in total. The number of hydrogen-bond donors (Lipinski definition) is 1. The first-order valence-corrected chi connectivity index (χ1v) is 6.95. The van der Waals surface area contributed by atoms with E-state index >= 15 is 0 Å². The molecule has 2 atom stereocenters. The molecule has 1 aromatic carbocycles. The van der Waals surface area contributed by atoms with Gasteiger partial charge in [-0.3, -0.25) is 9.59 Å². The third-order valence-corrected chi connectivity index (χ3v) is 3.42. The molecule has 0 fully saturated rings. The molecule has 0 heterocycles. The summed E-state index contributed by atoms with van der Waals surface area (Å²) in [7, 11) is 0. The van der Waals surface area contributed by atoms with Crippen molar-refractivity contribution in [2.24, 2.45) is 11.8 Å². The molecule has 0 aromatic heterocycles. The van der Waals surface area contributed by atoms with E-state index < -0.39 is 11.9 Å². The van der Waals surface area contributed by atoms with Crippen LogP contribution in [-0.2, 0) is 14.3 Å². The minimum absolute atomic E-state index is 0.135. The van der Waals surface area contributed by atoms with Crippen molar-refractivity contribution in [1.29, 1.82) is 0 Å². The third kappa shape index (κ3) is 3.68. The molecule has 1 aromatic rings. The molecule has 0 aliphatic heterocycles. The largest absolute Gasteiger partial charge is 0.465 e. The van der Waals surface area contributed by atoms with Crippen molar-refractivity contribution in [1.82, 2.24) is 0 Å². The fraction of sp³-hybridized carbons (Fsp3) is 0.375. The summed E-state index contributed by atoms with van der Waals surface area (Å²) in [6, 6.07) is 5.89. The SMILES string of the molecule is CCOC(=O)C1C(=O)C=C(Nc2ccc(F)cc2)CC1C. The Balaban J connectivity index is 2.10. The van der Waals surface area contributed by atoms with Crippen molar-refractivity contribution in [3.05, 3.63) is 41.9 Å². The lowest BCUT2D eigenvalue weighted by molar-refractivity contribution is -0.152. The number of esters is 1. The van der Waals surface area contributed by atoms with Crippen LogP contribution in [-0.4, -0.2) is 18.4 Å². The fourth-order valence-electron chi connectivity index (χ4n) is 2.45. The Morgan fingerprint density at radius 3 is 2.62 bits per heavy atom. The molecule has 1 aliphatic carbocycles. The summed E-state index contributed by atoms with van der Waals surface area (Å²) in [4.78, 5) is 23.9. The average Bonchev–Trinajstić information content (AvgIpc) is 2.41. The second-order valence-electron chi connectivity index (χ2n) is 5.11. The molecular weight excluding hydrogens is 273 g/mol. The first-order chi connectivity index (χ1) is 10.0. The molecule has 0 amide bonds. The maximum atomic E-state index is 12.9. The standard InChI is InChI=1S/C16H18FNO3/c1-3-21-16(20)15-10(2)8-13(9-14(15)19)18-12-6-4-11(17)5-7-12/h4-7,9-10,15,18H,3,8H2,1-2H3. The number of rotatable bonds is 4. The van der Waals surface area contributed by atoms with Gasteiger partial charge in [0, 0.05) is 17.5 Å². The van der Waals surface area contributed by atoms with Crippen LogP contribution in [0, 0.1) is 17.7 Å². The lowest BCUT2D eigenvalue weighted by Crippen LogP contribution is -2.34. The maximum absolute atomic E-state index is 12.9. The second-order valence-corrected chi connectivity index (χ2v) is 5.11. The number of nitrogens with one attached hydrogen (secondary N) is 1. The number of ether oxygens (including phenoxy) is 1. The van der Waals surface area contributed by atoms with Gasteiger partial charge in [0.05, 0.1) is 6.61 Å². The van der Waals surface area contributed by atoms with E-state index in [-0.39, 0.29) is 24.1 Å². The highest BCUT2D eigenvalue weighted by molar-refractivity contribution is 6.06. The van der Waals surface area contributed by atoms with Crippen LogP contribution in [0.15, 0.2) is 36.0 Å². The van der Waals surface area contributed by atoms with Crippen LogP contribution >= 0.6 is 0 Å². The average molecular weight is 291 g/mol. The quantitative estimate of drug-likeness (QED) is 0.684. The minimum atomic E-state index is -0.733. The van der Waals surface area contributed by atoms with Crippen molar-refractivity contribution >= 4 is 17.4 Å². The number of carbonyl (C=O) groups is 2. The zero-order valence-electron chi connectivity index (χ0n) is 12.1. The van der Waals surface area contributed by atoms with E-state index in [4.69, 9.17) is 4.74 Å². The van der Waals surface area contributed by atoms with Gasteiger partial charge in [0.1, 0.15) is 11.7 Å². The molecule has 2 rings (SSSR count). The highest BCUT2D eigenvalue weighted by Crippen LogP contribution is 2.29. The molecule has 0 saturated carbocycles. The van der Waals surface area contributed by atoms with Gasteiger partial charge in [-0.25, -0.2) is 4.39 Å². The number of hydrogen-bond acceptors (Lipinski definition) is 4. The van der Waals surface area contributed by atoms with E-state index in [0.717, 1.165) is 5.70 Å². The van der Waals surface area contributed by atoms with Gasteiger partial charge in [-0.1, -0.05) is 6.92 Å². The van der Waals surface area contributed by atoms with Gasteiger partial charge in [0.2, 0.25) is 0 Å². The van der Waals surface area contributed by atoms with Crippen molar-refractivity contribution in [3.8, 4) is 0 Å². The third-order valence-electron chi connectivity index (χ3n) is 3.42. The van der Waals surface area contributed by atoms with Crippen molar-refractivity contribution < 1.29 is 18.7 Å². The minimum Gasteiger partial charge on any atom is -0.465 e. The molecular formula is C16H18FNO3. The summed E-state index contributed by atoms with van der Waals surface area (Å²) in [5, 5.41) is 3.08. The van der Waals surface area contributed by atoms with Gasteiger partial charge in [-0.05, 0) is 43.5 Å². The first kappa shape index (κ1) is 15.2. The van der Waals surface area contributed by atoms with Gasteiger partial charge < -0.3 is 10.1 Å². The summed E-state index contributed by atoms with van der Waals surface area (Å²) in [5.74, 6) is -1.90. The van der Waals surface area contributed by atoms with Crippen LogP contribution in [0.4, 0.5) is 10.1 Å². The van der Waals surface area contributed by atoms with Gasteiger partial charge in [0.15, 0.2) is 5.78 Å². The van der Waals surface area contributed by atoms with Crippen molar-refractivity contribution in [2.75, 3.05) is 11.9 Å². The molecule has 1 aliphatic rings. The molecule has 0 spiro atoms. The van der Waals surface area contributed by atoms with Crippen molar-refractivity contribution in [2.45, 2.75) is 20.3 Å². The lowest BCUT2D eigenvalue weighted by Gasteiger charge is -2.26. The van der Waals surface area contributed by atoms with Crippen LogP contribution in [0.5, 0.6) is 0 Å². The monoisotopic (exact) mass is 291 g/mol. The van der Waals surface area contributed by atoms with E-state index in [0.29, 0.717) is 12.1 Å². The van der Waals surface area contributed by atoms with Crippen LogP contribution in [0.2, 0.25) is 0 Å². The number of benzene rings is 1. The predicted octanol–water partition coefficient (Wildman–Crippen LogP) is 2.91. The predicted molar refractivity (Wildman–Crippen MR) is 77.0 cm³/mol. The Hall–Kier alpha value is -2.17. The van der Waals surface area contributed by atoms with E-state index in [2.05, 4.69) is 5.32 Å². The van der Waals surface area contributed by atoms with E-state index in [1.54, 1.807) is 19.1 Å². The molecule has 5 heteroatoms. The Kier molecular flexibility index (Phi) is 4.73. The van der Waals surface area contributed by atoms with Gasteiger partial charge in [0.25, 0.3) is 0 Å². The topological polar surface area (TPSA) is 55.4 Å². The van der Waals surface area contributed by atoms with E-state index in [1.165, 1.54) is 18.2 Å². The summed E-state index contributed by atoms with van der Waals surface area (Å²) >= 11 is 0. The van der Waals surface area contributed by atoms with Gasteiger partial charge >= 0.3 is 5.97 Å². The summed E-state index contributed by atoms with van der Waals surface area (Å²) < 4.78 is 17.8. The van der Waals surface area contributed by atoms with Crippen molar-refractivity contribution in [3.63, 3.8) is 0 Å². The molecule has 0 bridgehead atoms. The van der Waals surface area contributed by atoms with Gasteiger partial charge in [-0.2, -0.15) is 0 Å². The summed E-state index contributed by atoms with van der Waals surface area (Å²) in [6.07, 6.45) is 2.00. The smallest absolute Gasteiger partial charge is 0.317 e. The number of carbonyl (C=O) groups excluding carboxylic acids is 2. The molecule has 0 radical (unpaired) electrons. The maximum Gasteiger partial charge on any atom is 0.317 e. The molecule has 0 saturated heterocycles. The van der Waals surface area contributed by atoms with E-state index in [1.807, 2.05) is 6.92 Å². The number of allylic oxidation sites excluding steroid dienone is 2. The lowest BCUT2D eigenvalue weighted by atomic mass is 9.82. The summed E-state index contributed by atoms with van der Waals surface area (Å²) in [5.41, 5.74) is 1.43. The number of ketones is 1. The summed E-state index contributed by atoms with van der Waals surface area (Å²) in [6.45, 7) is 3.83. The van der Waals surface area contributed by atoms with Crippen LogP contribution in [0.3, 0.4) is 0 Å². The number of halogens is 1. The molecule has 21 heavy (non-hydrogen) atoms. The van der Waals surface area contributed by atoms with Gasteiger partial charge in [-0.15, -0.1) is 0 Å². The zero-order valence-corrected chi connectivity index (χ0v) is 12.1. The molecule has 1 N–H and O–H groups in total. The Morgan fingerprint density at radius 1 is 1.38 bits per heavy atom. The zero-order chi connectivity index (χ0) is 15.4. The van der Waals surface area contributed by atoms with Crippen LogP contribution < -0.4 is 5.32 Å². The molecule has 112 valence electrons. The second kappa shape index (κ2) is 6.52. The highest BCUT2D eigenvalue weighted by Gasteiger charge is 2.36. The highest BCUT2D eigenvalue weighted by atomic mass is 19.1. The first-order valence-electron chi connectivity index (χ1n) is 6.95. The Bertz CT molecular complexity index is 565. The Labute approximate surface area is 123 Å². The van der Waals surface area contributed by atoms with Crippen LogP contribution in [0.1, 0.15) is 20.3 Å². The van der Waals surface area contributed by atoms with Crippen LogP contribution in [0.25, 0.3) is 0 Å². The normalized spacial score (nSPS) is 21.7. The van der Waals surface area contributed by atoms with E-state index in [9.17, 15) is 14.0 Å².